The Bertz CT molecular complexity index is 211. The number of hydrogen-bond donors (Lipinski definition) is 0. The van der Waals surface area contributed by atoms with Gasteiger partial charge >= 0.3 is 5.97 Å². The summed E-state index contributed by atoms with van der Waals surface area (Å²) >= 11 is 0. The first-order valence-corrected chi connectivity index (χ1v) is 7.62. The molecule has 0 aromatic rings. The minimum Gasteiger partial charge on any atom is -0.457 e. The number of carbonyl (C=O) groups excluding carboxylic acids is 1. The summed E-state index contributed by atoms with van der Waals surface area (Å²) in [6.45, 7) is 11.8. The van der Waals surface area contributed by atoms with Crippen molar-refractivity contribution in [1.82, 2.24) is 0 Å². The molecule has 76 valence electrons. The summed E-state index contributed by atoms with van der Waals surface area (Å²) in [5, 5.41) is 0. The molecule has 0 amide bonds. The number of carbonyl (C=O) groups is 1. The molecule has 0 rings (SSSR count). The van der Waals surface area contributed by atoms with Crippen molar-refractivity contribution in [2.45, 2.75) is 46.4 Å². The molecule has 0 saturated heterocycles. The van der Waals surface area contributed by atoms with Crippen LogP contribution in [-0.4, -0.2) is 20.4 Å². The Morgan fingerprint density at radius 2 is 1.77 bits per heavy atom. The fourth-order valence-corrected chi connectivity index (χ4v) is 2.06. The van der Waals surface area contributed by atoms with E-state index in [1.165, 1.54) is 0 Å². The molecule has 0 fully saturated rings. The molecule has 0 aliphatic rings. The minimum absolute atomic E-state index is 0.186. The molecule has 0 radical (unpaired) electrons. The summed E-state index contributed by atoms with van der Waals surface area (Å²) in [6.07, 6.45) is 0. The van der Waals surface area contributed by atoms with E-state index in [2.05, 4.69) is 13.1 Å². The molecule has 2 nitrogen and oxygen atoms in total. The predicted octanol–water partition coefficient (Wildman–Crippen LogP) is 2.30. The fraction of sp³-hybridized carbons (Fsp3) is 0.700. The molecule has 0 N–H and O–H groups in total. The van der Waals surface area contributed by atoms with Crippen LogP contribution in [0, 0.1) is 0 Å². The summed E-state index contributed by atoms with van der Waals surface area (Å²) in [7, 11) is -0.815. The van der Waals surface area contributed by atoms with Crippen molar-refractivity contribution in [2.24, 2.45) is 0 Å². The number of rotatable bonds is 2. The van der Waals surface area contributed by atoms with E-state index in [-0.39, 0.29) is 11.6 Å². The first-order chi connectivity index (χ1) is 5.72. The van der Waals surface area contributed by atoms with E-state index in [0.717, 1.165) is 5.57 Å². The van der Waals surface area contributed by atoms with Crippen molar-refractivity contribution in [1.29, 1.82) is 0 Å². The molecule has 0 atom stereocenters. The maximum atomic E-state index is 11.4. The van der Waals surface area contributed by atoms with E-state index in [1.807, 2.05) is 33.4 Å². The molecule has 0 unspecified atom stereocenters. The molecule has 0 heterocycles. The minimum atomic E-state index is -0.815. The van der Waals surface area contributed by atoms with Gasteiger partial charge in [-0.25, -0.2) is 4.79 Å². The summed E-state index contributed by atoms with van der Waals surface area (Å²) < 4.78 is 5.22. The van der Waals surface area contributed by atoms with Gasteiger partial charge in [0.05, 0.1) is 8.80 Å². The predicted molar refractivity (Wildman–Crippen MR) is 58.5 cm³/mol. The van der Waals surface area contributed by atoms with Gasteiger partial charge < -0.3 is 4.74 Å². The monoisotopic (exact) mass is 200 g/mol. The van der Waals surface area contributed by atoms with Gasteiger partial charge in [0.2, 0.25) is 0 Å². The van der Waals surface area contributed by atoms with Crippen molar-refractivity contribution >= 4 is 14.8 Å². The van der Waals surface area contributed by atoms with E-state index in [0.29, 0.717) is 0 Å². The zero-order chi connectivity index (χ0) is 10.6. The van der Waals surface area contributed by atoms with Crippen LogP contribution in [-0.2, 0) is 9.53 Å². The van der Waals surface area contributed by atoms with E-state index >= 15 is 0 Å². The Balaban J connectivity index is 4.29. The summed E-state index contributed by atoms with van der Waals surface area (Å²) in [6, 6.07) is 0. The average molecular weight is 200 g/mol. The van der Waals surface area contributed by atoms with Crippen LogP contribution in [0.15, 0.2) is 11.3 Å². The molecule has 0 saturated carbocycles. The quantitative estimate of drug-likeness (QED) is 0.388. The van der Waals surface area contributed by atoms with Gasteiger partial charge in [0.1, 0.15) is 5.60 Å². The lowest BCUT2D eigenvalue weighted by Gasteiger charge is -2.19. The maximum Gasteiger partial charge on any atom is 0.333 e. The van der Waals surface area contributed by atoms with Gasteiger partial charge in [-0.2, -0.15) is 0 Å². The van der Waals surface area contributed by atoms with Crippen LogP contribution in [0.4, 0.5) is 0 Å². The van der Waals surface area contributed by atoms with Gasteiger partial charge in [0.25, 0.3) is 0 Å². The van der Waals surface area contributed by atoms with E-state index in [4.69, 9.17) is 4.74 Å². The van der Waals surface area contributed by atoms with Crippen molar-refractivity contribution < 1.29 is 9.53 Å². The number of esters is 1. The molecule has 0 aromatic carbocycles. The second kappa shape index (κ2) is 4.60. The second-order valence-corrected chi connectivity index (χ2v) is 7.42. The largest absolute Gasteiger partial charge is 0.457 e. The summed E-state index contributed by atoms with van der Waals surface area (Å²) in [5.74, 6) is -0.186. The van der Waals surface area contributed by atoms with E-state index < -0.39 is 8.80 Å². The van der Waals surface area contributed by atoms with Gasteiger partial charge in [-0.3, -0.25) is 0 Å². The lowest BCUT2D eigenvalue weighted by molar-refractivity contribution is -0.149. The van der Waals surface area contributed by atoms with Gasteiger partial charge in [-0.15, -0.1) is 0 Å². The zero-order valence-corrected chi connectivity index (χ0v) is 10.6. The molecular formula is C10H20O2Si. The van der Waals surface area contributed by atoms with Crippen molar-refractivity contribution in [3.05, 3.63) is 11.3 Å². The van der Waals surface area contributed by atoms with Gasteiger partial charge in [0, 0.05) is 5.57 Å². The maximum absolute atomic E-state index is 11.4. The zero-order valence-electron chi connectivity index (χ0n) is 9.47. The molecule has 0 aliphatic carbocycles. The Morgan fingerprint density at radius 3 is 2.08 bits per heavy atom. The van der Waals surface area contributed by atoms with Crippen LogP contribution >= 0.6 is 0 Å². The molecule has 0 bridgehead atoms. The first-order valence-electron chi connectivity index (χ1n) is 4.64. The molecule has 0 aliphatic heterocycles. The fourth-order valence-electron chi connectivity index (χ4n) is 0.927. The third-order valence-corrected chi connectivity index (χ3v) is 2.47. The number of hydrogen-bond acceptors (Lipinski definition) is 2. The molecule has 3 heteroatoms. The standard InChI is InChI=1S/C10H20O2Si/c1-8(7-13(5)6)9(11)12-10(2,3)4/h7,13H,1-6H3. The Kier molecular flexibility index (Phi) is 4.40. The highest BCUT2D eigenvalue weighted by Crippen LogP contribution is 2.10. The van der Waals surface area contributed by atoms with Gasteiger partial charge in [-0.1, -0.05) is 18.8 Å². The first kappa shape index (κ1) is 12.4. The second-order valence-electron chi connectivity index (χ2n) is 4.60. The third kappa shape index (κ3) is 6.58. The van der Waals surface area contributed by atoms with Crippen molar-refractivity contribution in [3.8, 4) is 0 Å². The van der Waals surface area contributed by atoms with Crippen LogP contribution in [0.3, 0.4) is 0 Å². The SMILES string of the molecule is CC(=C[SiH](C)C)C(=O)OC(C)(C)C. The number of ether oxygens (including phenoxy) is 1. The molecule has 0 spiro atoms. The molecule has 0 aromatic heterocycles. The molecular weight excluding hydrogens is 180 g/mol. The highest BCUT2D eigenvalue weighted by Gasteiger charge is 2.17. The third-order valence-electron chi connectivity index (χ3n) is 1.30. The van der Waals surface area contributed by atoms with Gasteiger partial charge in [0.15, 0.2) is 0 Å². The van der Waals surface area contributed by atoms with Gasteiger partial charge in [-0.05, 0) is 27.7 Å². The Morgan fingerprint density at radius 1 is 1.31 bits per heavy atom. The smallest absolute Gasteiger partial charge is 0.333 e. The van der Waals surface area contributed by atoms with Crippen molar-refractivity contribution in [2.75, 3.05) is 0 Å². The van der Waals surface area contributed by atoms with Crippen LogP contribution in [0.2, 0.25) is 13.1 Å². The summed E-state index contributed by atoms with van der Waals surface area (Å²) in [5.41, 5.74) is 2.41. The van der Waals surface area contributed by atoms with Crippen LogP contribution in [0.1, 0.15) is 27.7 Å². The van der Waals surface area contributed by atoms with Crippen LogP contribution in [0.5, 0.6) is 0 Å². The normalized spacial score (nSPS) is 13.3. The van der Waals surface area contributed by atoms with Crippen LogP contribution in [0.25, 0.3) is 0 Å². The average Bonchev–Trinajstić information content (AvgIpc) is 1.81. The topological polar surface area (TPSA) is 26.3 Å². The highest BCUT2D eigenvalue weighted by atomic mass is 28.3. The van der Waals surface area contributed by atoms with Crippen molar-refractivity contribution in [3.63, 3.8) is 0 Å². The molecule has 13 heavy (non-hydrogen) atoms. The highest BCUT2D eigenvalue weighted by molar-refractivity contribution is 6.61. The Hall–Kier alpha value is -0.573. The Labute approximate surface area is 82.6 Å². The lowest BCUT2D eigenvalue weighted by atomic mass is 10.2. The van der Waals surface area contributed by atoms with Crippen LogP contribution < -0.4 is 0 Å². The summed E-state index contributed by atoms with van der Waals surface area (Å²) in [4.78, 5) is 11.4. The van der Waals surface area contributed by atoms with E-state index in [9.17, 15) is 4.79 Å². The van der Waals surface area contributed by atoms with E-state index in [1.54, 1.807) is 0 Å². The lowest BCUT2D eigenvalue weighted by Crippen LogP contribution is -2.24.